The lowest BCUT2D eigenvalue weighted by Crippen LogP contribution is -2.46. The van der Waals surface area contributed by atoms with Gasteiger partial charge in [-0.2, -0.15) is 0 Å². The number of amides is 3. The van der Waals surface area contributed by atoms with E-state index in [-0.39, 0.29) is 42.2 Å². The molecular formula is C21H29N3O5S. The molecule has 2 aliphatic heterocycles. The van der Waals surface area contributed by atoms with Crippen molar-refractivity contribution in [2.45, 2.75) is 39.7 Å². The van der Waals surface area contributed by atoms with Crippen LogP contribution in [-0.2, 0) is 24.2 Å². The van der Waals surface area contributed by atoms with Gasteiger partial charge >= 0.3 is 0 Å². The van der Waals surface area contributed by atoms with Gasteiger partial charge in [-0.25, -0.2) is 8.42 Å². The van der Waals surface area contributed by atoms with E-state index in [0.29, 0.717) is 19.5 Å². The van der Waals surface area contributed by atoms with Gasteiger partial charge in [-0.3, -0.25) is 14.4 Å². The van der Waals surface area contributed by atoms with Crippen molar-refractivity contribution in [1.29, 1.82) is 0 Å². The molecule has 0 saturated carbocycles. The highest BCUT2D eigenvalue weighted by molar-refractivity contribution is 7.91. The number of carbonyl (C=O) groups is 3. The molecule has 1 aromatic carbocycles. The molecule has 164 valence electrons. The molecule has 30 heavy (non-hydrogen) atoms. The summed E-state index contributed by atoms with van der Waals surface area (Å²) in [6.07, 6.45) is 0.515. The molecule has 1 N–H and O–H groups in total. The van der Waals surface area contributed by atoms with E-state index >= 15 is 0 Å². The summed E-state index contributed by atoms with van der Waals surface area (Å²) < 4.78 is 23.1. The van der Waals surface area contributed by atoms with Crippen molar-refractivity contribution >= 4 is 33.2 Å². The third-order valence-electron chi connectivity index (χ3n) is 5.97. The third kappa shape index (κ3) is 4.83. The Kier molecular flexibility index (Phi) is 6.50. The number of aryl methyl sites for hydroxylation is 1. The van der Waals surface area contributed by atoms with Gasteiger partial charge in [-0.1, -0.05) is 12.1 Å². The Morgan fingerprint density at radius 1 is 1.27 bits per heavy atom. The van der Waals surface area contributed by atoms with E-state index in [1.807, 2.05) is 32.0 Å². The first-order valence-electron chi connectivity index (χ1n) is 10.3. The van der Waals surface area contributed by atoms with Crippen molar-refractivity contribution in [1.82, 2.24) is 10.2 Å². The second-order valence-corrected chi connectivity index (χ2v) is 10.4. The topological polar surface area (TPSA) is 104 Å². The van der Waals surface area contributed by atoms with Gasteiger partial charge in [0.25, 0.3) is 0 Å². The highest BCUT2D eigenvalue weighted by Gasteiger charge is 2.38. The number of sulfone groups is 1. The van der Waals surface area contributed by atoms with Crippen molar-refractivity contribution in [3.05, 3.63) is 29.3 Å². The molecule has 3 rings (SSSR count). The molecule has 3 amide bonds. The van der Waals surface area contributed by atoms with Gasteiger partial charge < -0.3 is 15.1 Å². The van der Waals surface area contributed by atoms with E-state index in [2.05, 4.69) is 5.32 Å². The number of anilines is 1. The summed E-state index contributed by atoms with van der Waals surface area (Å²) in [6, 6.07) is 5.36. The summed E-state index contributed by atoms with van der Waals surface area (Å²) in [5.41, 5.74) is 2.91. The van der Waals surface area contributed by atoms with E-state index in [4.69, 9.17) is 0 Å². The van der Waals surface area contributed by atoms with Gasteiger partial charge in [-0.15, -0.1) is 0 Å². The van der Waals surface area contributed by atoms with Gasteiger partial charge in [0.2, 0.25) is 17.7 Å². The summed E-state index contributed by atoms with van der Waals surface area (Å²) in [7, 11) is -3.09. The highest BCUT2D eigenvalue weighted by Crippen LogP contribution is 2.30. The number of rotatable bonds is 6. The lowest BCUT2D eigenvalue weighted by Gasteiger charge is -2.25. The standard InChI is InChI=1S/C21H29N3O5S/c1-4-23(12-19(25)22-17-8-9-30(28,29)13-17)21(27)16-10-20(26)24(11-16)18-7-5-6-14(2)15(18)3/h5-7,16-17H,4,8-13H2,1-3H3,(H,22,25)/t16-,17-/m1/s1. The Labute approximate surface area is 177 Å². The fourth-order valence-electron chi connectivity index (χ4n) is 4.09. The maximum absolute atomic E-state index is 13.0. The number of benzene rings is 1. The quantitative estimate of drug-likeness (QED) is 0.712. The van der Waals surface area contributed by atoms with Crippen LogP contribution in [0.5, 0.6) is 0 Å². The van der Waals surface area contributed by atoms with Crippen molar-refractivity contribution in [3.8, 4) is 0 Å². The number of nitrogens with one attached hydrogen (secondary N) is 1. The molecule has 0 aliphatic carbocycles. The zero-order chi connectivity index (χ0) is 22.1. The van der Waals surface area contributed by atoms with Gasteiger partial charge in [-0.05, 0) is 44.4 Å². The monoisotopic (exact) mass is 435 g/mol. The summed E-state index contributed by atoms with van der Waals surface area (Å²) in [5, 5.41) is 2.71. The molecule has 8 nitrogen and oxygen atoms in total. The van der Waals surface area contributed by atoms with E-state index < -0.39 is 21.8 Å². The van der Waals surface area contributed by atoms with Crippen LogP contribution < -0.4 is 10.2 Å². The first kappa shape index (κ1) is 22.3. The summed E-state index contributed by atoms with van der Waals surface area (Å²) in [4.78, 5) is 41.0. The smallest absolute Gasteiger partial charge is 0.239 e. The van der Waals surface area contributed by atoms with Gasteiger partial charge in [0, 0.05) is 31.2 Å². The van der Waals surface area contributed by atoms with Crippen LogP contribution >= 0.6 is 0 Å². The van der Waals surface area contributed by atoms with Gasteiger partial charge in [0.15, 0.2) is 9.84 Å². The number of carbonyl (C=O) groups excluding carboxylic acids is 3. The Bertz CT molecular complexity index is 959. The SMILES string of the molecule is CCN(CC(=O)N[C@@H]1CCS(=O)(=O)C1)C(=O)[C@@H]1CC(=O)N(c2cccc(C)c2C)C1. The maximum Gasteiger partial charge on any atom is 0.239 e. The minimum Gasteiger partial charge on any atom is -0.351 e. The number of likely N-dealkylation sites (N-methyl/N-ethyl adjacent to an activating group) is 1. The minimum absolute atomic E-state index is 0.0548. The molecule has 2 heterocycles. The molecule has 0 spiro atoms. The largest absolute Gasteiger partial charge is 0.351 e. The van der Waals surface area contributed by atoms with Crippen molar-refractivity contribution in [2.75, 3.05) is 36.0 Å². The Balaban J connectivity index is 1.62. The second-order valence-electron chi connectivity index (χ2n) is 8.14. The molecule has 9 heteroatoms. The Morgan fingerprint density at radius 2 is 2.00 bits per heavy atom. The molecule has 0 bridgehead atoms. The lowest BCUT2D eigenvalue weighted by atomic mass is 10.1. The average molecular weight is 436 g/mol. The molecule has 0 unspecified atom stereocenters. The highest BCUT2D eigenvalue weighted by atomic mass is 32.2. The number of hydrogen-bond acceptors (Lipinski definition) is 5. The summed E-state index contributed by atoms with van der Waals surface area (Å²) >= 11 is 0. The van der Waals surface area contributed by atoms with Crippen LogP contribution in [0.2, 0.25) is 0 Å². The lowest BCUT2D eigenvalue weighted by molar-refractivity contribution is -0.139. The maximum atomic E-state index is 13.0. The predicted molar refractivity (Wildman–Crippen MR) is 114 cm³/mol. The van der Waals surface area contributed by atoms with Gasteiger partial charge in [0.1, 0.15) is 0 Å². The van der Waals surface area contributed by atoms with E-state index in [9.17, 15) is 22.8 Å². The zero-order valence-corrected chi connectivity index (χ0v) is 18.5. The van der Waals surface area contributed by atoms with Crippen molar-refractivity contribution in [2.24, 2.45) is 5.92 Å². The molecule has 0 aromatic heterocycles. The Morgan fingerprint density at radius 3 is 2.63 bits per heavy atom. The predicted octanol–water partition coefficient (Wildman–Crippen LogP) is 0.808. The average Bonchev–Trinajstić information content (AvgIpc) is 3.23. The number of hydrogen-bond donors (Lipinski definition) is 1. The second kappa shape index (κ2) is 8.75. The molecular weight excluding hydrogens is 406 g/mol. The fourth-order valence-corrected chi connectivity index (χ4v) is 5.77. The summed E-state index contributed by atoms with van der Waals surface area (Å²) in [5.74, 6) is -1.18. The van der Waals surface area contributed by atoms with Crippen molar-refractivity contribution < 1.29 is 22.8 Å². The normalized spacial score (nSPS) is 22.9. The fraction of sp³-hybridized carbons (Fsp3) is 0.571. The van der Waals surface area contributed by atoms with E-state index in [0.717, 1.165) is 16.8 Å². The molecule has 2 fully saturated rings. The third-order valence-corrected chi connectivity index (χ3v) is 7.73. The van der Waals surface area contributed by atoms with Crippen LogP contribution in [0.3, 0.4) is 0 Å². The Hall–Kier alpha value is -2.42. The van der Waals surface area contributed by atoms with Crippen LogP contribution in [0, 0.1) is 19.8 Å². The minimum atomic E-state index is -3.09. The van der Waals surface area contributed by atoms with Crippen LogP contribution in [0.15, 0.2) is 18.2 Å². The van der Waals surface area contributed by atoms with Crippen molar-refractivity contribution in [3.63, 3.8) is 0 Å². The number of nitrogens with zero attached hydrogens (tertiary/aromatic N) is 2. The first-order chi connectivity index (χ1) is 14.1. The molecule has 2 aliphatic rings. The molecule has 1 aromatic rings. The van der Waals surface area contributed by atoms with Crippen LogP contribution in [0.1, 0.15) is 30.9 Å². The van der Waals surface area contributed by atoms with Crippen LogP contribution in [-0.4, -0.2) is 68.2 Å². The summed E-state index contributed by atoms with van der Waals surface area (Å²) in [6.45, 7) is 6.21. The van der Waals surface area contributed by atoms with Gasteiger partial charge in [0.05, 0.1) is 24.0 Å². The molecule has 2 saturated heterocycles. The van der Waals surface area contributed by atoms with E-state index in [1.165, 1.54) is 4.90 Å². The first-order valence-corrected chi connectivity index (χ1v) is 12.1. The molecule has 2 atom stereocenters. The van der Waals surface area contributed by atoms with Crippen LogP contribution in [0.25, 0.3) is 0 Å². The van der Waals surface area contributed by atoms with E-state index in [1.54, 1.807) is 11.8 Å². The zero-order valence-electron chi connectivity index (χ0n) is 17.7. The molecule has 0 radical (unpaired) electrons. The van der Waals surface area contributed by atoms with Crippen LogP contribution in [0.4, 0.5) is 5.69 Å².